The van der Waals surface area contributed by atoms with E-state index < -0.39 is 36.8 Å². The SMILES string of the molecule is COc1cc(N2CCC(N3CCN(CCCCNc4cccc5c4C(=O)N(C4CCC(=O)NC4=O)C5=O)CC3)CC2)ccc1Cc1ncc(Cl)c(Cc2ccccc2P(C)(C)=O)n1. The second-order valence-electron chi connectivity index (χ2n) is 17.3. The Morgan fingerprint density at radius 2 is 1.65 bits per heavy atom. The number of amides is 4. The first-order valence-corrected chi connectivity index (χ1v) is 25.0. The molecule has 5 heterocycles. The maximum atomic E-state index is 13.4. The second-order valence-corrected chi connectivity index (χ2v) is 20.9. The van der Waals surface area contributed by atoms with E-state index in [2.05, 4.69) is 48.5 Å². The van der Waals surface area contributed by atoms with Gasteiger partial charge in [0.15, 0.2) is 0 Å². The smallest absolute Gasteiger partial charge is 0.264 e. The molecular weight excluding hydrogens is 839 g/mol. The Morgan fingerprint density at radius 1 is 0.873 bits per heavy atom. The van der Waals surface area contributed by atoms with E-state index in [1.54, 1.807) is 44.8 Å². The Balaban J connectivity index is 0.769. The van der Waals surface area contributed by atoms with E-state index in [0.29, 0.717) is 53.2 Å². The number of ether oxygens (including phenoxy) is 1. The Bertz CT molecular complexity index is 2430. The van der Waals surface area contributed by atoms with Crippen molar-refractivity contribution in [1.29, 1.82) is 0 Å². The van der Waals surface area contributed by atoms with Crippen LogP contribution >= 0.6 is 18.7 Å². The molecule has 332 valence electrons. The van der Waals surface area contributed by atoms with E-state index in [1.165, 1.54) is 0 Å². The number of anilines is 2. The van der Waals surface area contributed by atoms with Gasteiger partial charge in [-0.25, -0.2) is 9.97 Å². The van der Waals surface area contributed by atoms with Crippen LogP contribution in [0.5, 0.6) is 5.75 Å². The Morgan fingerprint density at radius 3 is 2.40 bits per heavy atom. The van der Waals surface area contributed by atoms with Gasteiger partial charge < -0.3 is 24.4 Å². The first-order valence-electron chi connectivity index (χ1n) is 22.0. The summed E-state index contributed by atoms with van der Waals surface area (Å²) in [6.07, 6.45) is 6.97. The standard InChI is InChI=1S/C47H56ClN8O6P/c1-62-40-29-34(14-13-31(40)28-42-50-30-36(48)38(51-42)27-32-9-4-5-12-41(32)63(2,3)61)54-21-17-33(18-22-54)55-25-23-53(24-26-55)20-7-6-19-49-37-11-8-10-35-44(37)47(60)56(46(35)59)39-15-16-43(57)52-45(39)58/h4-5,8-14,29-30,33,39,49H,6-7,15-28H2,1-3H3,(H,52,57,58). The van der Waals surface area contributed by atoms with Crippen molar-refractivity contribution < 1.29 is 28.5 Å². The Hall–Kier alpha value is -5.14. The van der Waals surface area contributed by atoms with Gasteiger partial charge in [-0.1, -0.05) is 48.0 Å². The van der Waals surface area contributed by atoms with Crippen LogP contribution in [0.4, 0.5) is 11.4 Å². The number of piperidine rings is 2. The summed E-state index contributed by atoms with van der Waals surface area (Å²) in [7, 11) is -0.772. The van der Waals surface area contributed by atoms with Gasteiger partial charge in [-0.3, -0.25) is 34.3 Å². The summed E-state index contributed by atoms with van der Waals surface area (Å²) in [6, 6.07) is 18.9. The lowest BCUT2D eigenvalue weighted by Gasteiger charge is -2.43. The monoisotopic (exact) mass is 894 g/mol. The van der Waals surface area contributed by atoms with Crippen molar-refractivity contribution in [3.63, 3.8) is 0 Å². The second kappa shape index (κ2) is 19.3. The number of hydrogen-bond acceptors (Lipinski definition) is 12. The minimum absolute atomic E-state index is 0.0902. The fraction of sp³-hybridized carbons (Fsp3) is 0.447. The quantitative estimate of drug-likeness (QED) is 0.0886. The summed E-state index contributed by atoms with van der Waals surface area (Å²) in [5.74, 6) is -0.536. The van der Waals surface area contributed by atoms with E-state index in [9.17, 15) is 23.7 Å². The van der Waals surface area contributed by atoms with Gasteiger partial charge in [-0.05, 0) is 75.7 Å². The van der Waals surface area contributed by atoms with Gasteiger partial charge in [0.25, 0.3) is 11.8 Å². The van der Waals surface area contributed by atoms with Crippen molar-refractivity contribution in [2.24, 2.45) is 0 Å². The fourth-order valence-electron chi connectivity index (χ4n) is 9.45. The Kier molecular flexibility index (Phi) is 13.6. The van der Waals surface area contributed by atoms with Gasteiger partial charge in [-0.15, -0.1) is 0 Å². The van der Waals surface area contributed by atoms with E-state index in [4.69, 9.17) is 21.3 Å². The average molecular weight is 895 g/mol. The number of fused-ring (bicyclic) bond motifs is 1. The van der Waals surface area contributed by atoms with Crippen molar-refractivity contribution in [3.8, 4) is 5.75 Å². The van der Waals surface area contributed by atoms with Crippen LogP contribution in [-0.4, -0.2) is 133 Å². The molecule has 2 N–H and O–H groups in total. The highest BCUT2D eigenvalue weighted by Gasteiger charge is 2.45. The number of carbonyl (C=O) groups is 4. The van der Waals surface area contributed by atoms with Gasteiger partial charge >= 0.3 is 0 Å². The molecule has 1 aromatic heterocycles. The summed E-state index contributed by atoms with van der Waals surface area (Å²) in [4.78, 5) is 68.7. The van der Waals surface area contributed by atoms with E-state index in [-0.39, 0.29) is 18.4 Å². The molecule has 8 rings (SSSR count). The molecule has 0 saturated carbocycles. The van der Waals surface area contributed by atoms with Crippen LogP contribution in [0.25, 0.3) is 0 Å². The zero-order valence-corrected chi connectivity index (χ0v) is 37.9. The summed E-state index contributed by atoms with van der Waals surface area (Å²) in [5, 5.41) is 6.95. The van der Waals surface area contributed by atoms with Crippen LogP contribution in [0.1, 0.15) is 81.9 Å². The fourth-order valence-corrected chi connectivity index (χ4v) is 10.9. The molecule has 4 aliphatic rings. The summed E-state index contributed by atoms with van der Waals surface area (Å²) in [6.45, 7) is 11.4. The van der Waals surface area contributed by atoms with Crippen LogP contribution in [0.15, 0.2) is 66.9 Å². The largest absolute Gasteiger partial charge is 0.496 e. The molecule has 4 aromatic rings. The highest BCUT2D eigenvalue weighted by molar-refractivity contribution is 7.70. The van der Waals surface area contributed by atoms with Crippen LogP contribution in [-0.2, 0) is 27.0 Å². The number of rotatable bonds is 15. The number of halogens is 1. The van der Waals surface area contributed by atoms with Crippen LogP contribution < -0.4 is 25.6 Å². The van der Waals surface area contributed by atoms with E-state index in [1.807, 2.05) is 24.3 Å². The Labute approximate surface area is 374 Å². The molecule has 1 unspecified atom stereocenters. The molecule has 4 aliphatic heterocycles. The minimum atomic E-state index is -2.47. The van der Waals surface area contributed by atoms with Crippen molar-refractivity contribution in [2.45, 2.75) is 63.5 Å². The molecule has 4 amide bonds. The lowest BCUT2D eigenvalue weighted by atomic mass is 10.0. The number of methoxy groups -OCH3 is 1. The van der Waals surface area contributed by atoms with Gasteiger partial charge in [0, 0.05) is 106 Å². The number of nitrogens with one attached hydrogen (secondary N) is 2. The van der Waals surface area contributed by atoms with Crippen LogP contribution in [0, 0.1) is 0 Å². The summed E-state index contributed by atoms with van der Waals surface area (Å²) >= 11 is 6.57. The summed E-state index contributed by atoms with van der Waals surface area (Å²) in [5.41, 5.74) is 5.00. The maximum absolute atomic E-state index is 13.4. The average Bonchev–Trinajstić information content (AvgIpc) is 3.53. The number of nitrogens with zero attached hydrogens (tertiary/aromatic N) is 6. The highest BCUT2D eigenvalue weighted by Crippen LogP contribution is 2.37. The molecule has 3 saturated heterocycles. The third kappa shape index (κ3) is 9.99. The number of aromatic nitrogens is 2. The number of benzene rings is 3. The number of imide groups is 2. The van der Waals surface area contributed by atoms with Crippen LogP contribution in [0.3, 0.4) is 0 Å². The van der Waals surface area contributed by atoms with Crippen molar-refractivity contribution in [2.75, 3.05) is 83.0 Å². The zero-order chi connectivity index (χ0) is 44.3. The summed E-state index contributed by atoms with van der Waals surface area (Å²) < 4.78 is 18.9. The predicted octanol–water partition coefficient (Wildman–Crippen LogP) is 5.45. The van der Waals surface area contributed by atoms with Crippen molar-refractivity contribution in [3.05, 3.63) is 106 Å². The van der Waals surface area contributed by atoms with Crippen molar-refractivity contribution >= 4 is 59.1 Å². The third-order valence-corrected chi connectivity index (χ3v) is 14.8. The molecule has 14 nitrogen and oxygen atoms in total. The number of unbranched alkanes of at least 4 members (excludes halogenated alkanes) is 1. The molecule has 3 fully saturated rings. The van der Waals surface area contributed by atoms with Gasteiger partial charge in [0.2, 0.25) is 11.8 Å². The normalized spacial score (nSPS) is 19.1. The lowest BCUT2D eigenvalue weighted by molar-refractivity contribution is -0.136. The van der Waals surface area contributed by atoms with E-state index in [0.717, 1.165) is 104 Å². The van der Waals surface area contributed by atoms with E-state index >= 15 is 0 Å². The molecule has 1 atom stereocenters. The van der Waals surface area contributed by atoms with Crippen molar-refractivity contribution in [1.82, 2.24) is 30.0 Å². The predicted molar refractivity (Wildman–Crippen MR) is 245 cm³/mol. The topological polar surface area (TPSA) is 157 Å². The first kappa shape index (κ1) is 44.5. The zero-order valence-electron chi connectivity index (χ0n) is 36.3. The maximum Gasteiger partial charge on any atom is 0.264 e. The molecule has 3 aromatic carbocycles. The number of carbonyl (C=O) groups excluding carboxylic acids is 4. The molecule has 0 spiro atoms. The molecular formula is C47H56ClN8O6P. The van der Waals surface area contributed by atoms with Gasteiger partial charge in [-0.2, -0.15) is 0 Å². The molecule has 0 radical (unpaired) electrons. The molecule has 0 bridgehead atoms. The lowest BCUT2D eigenvalue weighted by Crippen LogP contribution is -2.54. The van der Waals surface area contributed by atoms with Gasteiger partial charge in [0.05, 0.1) is 29.0 Å². The third-order valence-electron chi connectivity index (χ3n) is 12.9. The van der Waals surface area contributed by atoms with Crippen LogP contribution in [0.2, 0.25) is 5.02 Å². The molecule has 63 heavy (non-hydrogen) atoms. The number of piperazine rings is 1. The number of hydrogen-bond donors (Lipinski definition) is 2. The highest BCUT2D eigenvalue weighted by atomic mass is 35.5. The molecule has 0 aliphatic carbocycles. The minimum Gasteiger partial charge on any atom is -0.496 e. The van der Waals surface area contributed by atoms with Gasteiger partial charge in [0.1, 0.15) is 24.8 Å². The molecule has 16 heteroatoms. The first-order chi connectivity index (χ1) is 30.4.